The van der Waals surface area contributed by atoms with Crippen molar-refractivity contribution in [1.29, 1.82) is 0 Å². The van der Waals surface area contributed by atoms with Gasteiger partial charge in [-0.15, -0.1) is 0 Å². The predicted octanol–water partition coefficient (Wildman–Crippen LogP) is 2.77. The summed E-state index contributed by atoms with van der Waals surface area (Å²) in [5.41, 5.74) is 2.11. The first-order valence-electron chi connectivity index (χ1n) is 7.20. The number of aryl methyl sites for hydroxylation is 1. The van der Waals surface area contributed by atoms with Crippen molar-refractivity contribution in [2.75, 3.05) is 18.8 Å². The van der Waals surface area contributed by atoms with Crippen LogP contribution in [-0.4, -0.2) is 32.3 Å². The number of rotatable bonds is 6. The number of nitro groups is 1. The van der Waals surface area contributed by atoms with E-state index in [9.17, 15) is 18.5 Å². The molecule has 0 unspecified atom stereocenters. The molecular weight excluding hydrogens is 330 g/mol. The van der Waals surface area contributed by atoms with Gasteiger partial charge in [-0.2, -0.15) is 0 Å². The fraction of sp³-hybridized carbons (Fsp3) is 0.250. The van der Waals surface area contributed by atoms with E-state index in [0.717, 1.165) is 11.1 Å². The van der Waals surface area contributed by atoms with Gasteiger partial charge in [0.15, 0.2) is 0 Å². The van der Waals surface area contributed by atoms with Gasteiger partial charge in [0.05, 0.1) is 15.5 Å². The van der Waals surface area contributed by atoms with Crippen molar-refractivity contribution in [1.82, 2.24) is 4.90 Å². The summed E-state index contributed by atoms with van der Waals surface area (Å²) in [4.78, 5) is 12.1. The van der Waals surface area contributed by atoms with Crippen LogP contribution < -0.4 is 4.72 Å². The number of benzene rings is 2. The van der Waals surface area contributed by atoms with Crippen molar-refractivity contribution < 1.29 is 13.3 Å². The molecule has 0 aliphatic rings. The molecule has 8 heteroatoms. The van der Waals surface area contributed by atoms with E-state index >= 15 is 0 Å². The molecule has 0 radical (unpaired) electrons. The highest BCUT2D eigenvalue weighted by Gasteiger charge is 2.17. The van der Waals surface area contributed by atoms with Gasteiger partial charge in [0.1, 0.15) is 0 Å². The van der Waals surface area contributed by atoms with Crippen molar-refractivity contribution in [3.8, 4) is 0 Å². The third kappa shape index (κ3) is 4.30. The van der Waals surface area contributed by atoms with Gasteiger partial charge in [-0.3, -0.25) is 14.8 Å². The first-order valence-corrected chi connectivity index (χ1v) is 8.69. The SMILES string of the molecule is Cc1ccc(CN(C)C)cc1NS(=O)(=O)c1ccc([N+](=O)[O-])cc1. The molecule has 0 atom stereocenters. The largest absolute Gasteiger partial charge is 0.305 e. The highest BCUT2D eigenvalue weighted by atomic mass is 32.2. The molecule has 7 nitrogen and oxygen atoms in total. The summed E-state index contributed by atoms with van der Waals surface area (Å²) in [6, 6.07) is 10.4. The Balaban J connectivity index is 2.30. The molecule has 0 bridgehead atoms. The van der Waals surface area contributed by atoms with Gasteiger partial charge in [-0.25, -0.2) is 8.42 Å². The number of anilines is 1. The molecule has 0 aromatic heterocycles. The minimum Gasteiger partial charge on any atom is -0.305 e. The first-order chi connectivity index (χ1) is 11.2. The average Bonchev–Trinajstić information content (AvgIpc) is 2.50. The molecule has 0 aliphatic heterocycles. The summed E-state index contributed by atoms with van der Waals surface area (Å²) in [7, 11) is 0.0525. The number of nitrogens with zero attached hydrogens (tertiary/aromatic N) is 2. The average molecular weight is 349 g/mol. The minimum absolute atomic E-state index is 0.0227. The lowest BCUT2D eigenvalue weighted by atomic mass is 10.1. The molecule has 0 saturated heterocycles. The maximum Gasteiger partial charge on any atom is 0.269 e. The molecule has 0 saturated carbocycles. The summed E-state index contributed by atoms with van der Waals surface area (Å²) < 4.78 is 27.5. The molecule has 1 N–H and O–H groups in total. The number of non-ortho nitro benzene ring substituents is 1. The molecule has 2 aromatic rings. The normalized spacial score (nSPS) is 11.5. The Morgan fingerprint density at radius 2 is 1.75 bits per heavy atom. The lowest BCUT2D eigenvalue weighted by Crippen LogP contribution is -2.15. The molecule has 0 heterocycles. The van der Waals surface area contributed by atoms with Crippen LogP contribution in [-0.2, 0) is 16.6 Å². The second-order valence-electron chi connectivity index (χ2n) is 5.74. The third-order valence-electron chi connectivity index (χ3n) is 3.40. The Kier molecular flexibility index (Phi) is 5.20. The lowest BCUT2D eigenvalue weighted by molar-refractivity contribution is -0.384. The molecule has 0 aliphatic carbocycles. The Labute approximate surface area is 141 Å². The summed E-state index contributed by atoms with van der Waals surface area (Å²) in [5.74, 6) is 0. The Bertz CT molecular complexity index is 846. The fourth-order valence-corrected chi connectivity index (χ4v) is 3.31. The Morgan fingerprint density at radius 1 is 1.12 bits per heavy atom. The lowest BCUT2D eigenvalue weighted by Gasteiger charge is -2.14. The summed E-state index contributed by atoms with van der Waals surface area (Å²) in [6.45, 7) is 2.50. The molecule has 2 aromatic carbocycles. The number of hydrogen-bond donors (Lipinski definition) is 1. The standard InChI is InChI=1S/C16H19N3O4S/c1-12-4-5-13(11-18(2)3)10-16(12)17-24(22,23)15-8-6-14(7-9-15)19(20)21/h4-10,17H,11H2,1-3H3. The summed E-state index contributed by atoms with van der Waals surface area (Å²) in [5, 5.41) is 10.7. The van der Waals surface area contributed by atoms with Gasteiger partial charge in [0.2, 0.25) is 0 Å². The van der Waals surface area contributed by atoms with Crippen molar-refractivity contribution in [3.63, 3.8) is 0 Å². The predicted molar refractivity (Wildman–Crippen MR) is 92.5 cm³/mol. The van der Waals surface area contributed by atoms with E-state index in [2.05, 4.69) is 4.72 Å². The van der Waals surface area contributed by atoms with Crippen LogP contribution >= 0.6 is 0 Å². The fourth-order valence-electron chi connectivity index (χ4n) is 2.19. The maximum absolute atomic E-state index is 12.5. The van der Waals surface area contributed by atoms with E-state index in [1.807, 2.05) is 38.1 Å². The van der Waals surface area contributed by atoms with Crippen LogP contribution in [0, 0.1) is 17.0 Å². The zero-order valence-electron chi connectivity index (χ0n) is 13.7. The van der Waals surface area contributed by atoms with E-state index < -0.39 is 14.9 Å². The molecule has 128 valence electrons. The highest BCUT2D eigenvalue weighted by molar-refractivity contribution is 7.92. The van der Waals surface area contributed by atoms with Gasteiger partial charge in [-0.1, -0.05) is 12.1 Å². The topological polar surface area (TPSA) is 92.6 Å². The van der Waals surface area contributed by atoms with E-state index in [0.29, 0.717) is 12.2 Å². The summed E-state index contributed by atoms with van der Waals surface area (Å²) >= 11 is 0. The van der Waals surface area contributed by atoms with Crippen LogP contribution in [0.1, 0.15) is 11.1 Å². The number of hydrogen-bond acceptors (Lipinski definition) is 5. The second-order valence-corrected chi connectivity index (χ2v) is 7.43. The molecule has 0 fully saturated rings. The zero-order chi connectivity index (χ0) is 17.9. The minimum atomic E-state index is -3.81. The van der Waals surface area contributed by atoms with E-state index in [-0.39, 0.29) is 10.6 Å². The maximum atomic E-state index is 12.5. The number of sulfonamides is 1. The van der Waals surface area contributed by atoms with Crippen molar-refractivity contribution in [2.24, 2.45) is 0 Å². The monoisotopic (exact) mass is 349 g/mol. The van der Waals surface area contributed by atoms with Crippen LogP contribution in [0.3, 0.4) is 0 Å². The zero-order valence-corrected chi connectivity index (χ0v) is 14.5. The molecular formula is C16H19N3O4S. The van der Waals surface area contributed by atoms with Crippen molar-refractivity contribution >= 4 is 21.4 Å². The Morgan fingerprint density at radius 3 is 2.29 bits per heavy atom. The highest BCUT2D eigenvalue weighted by Crippen LogP contribution is 2.23. The number of nitrogens with one attached hydrogen (secondary N) is 1. The van der Waals surface area contributed by atoms with E-state index in [1.54, 1.807) is 6.07 Å². The molecule has 0 spiro atoms. The van der Waals surface area contributed by atoms with Crippen LogP contribution in [0.2, 0.25) is 0 Å². The van der Waals surface area contributed by atoms with Crippen molar-refractivity contribution in [3.05, 3.63) is 63.7 Å². The first kappa shape index (κ1) is 17.9. The molecule has 2 rings (SSSR count). The molecule has 0 amide bonds. The van der Waals surface area contributed by atoms with Crippen LogP contribution in [0.5, 0.6) is 0 Å². The number of nitro benzene ring substituents is 1. The van der Waals surface area contributed by atoms with Gasteiger partial charge in [-0.05, 0) is 50.3 Å². The van der Waals surface area contributed by atoms with E-state index in [1.165, 1.54) is 24.3 Å². The smallest absolute Gasteiger partial charge is 0.269 e. The van der Waals surface area contributed by atoms with Crippen LogP contribution in [0.25, 0.3) is 0 Å². The third-order valence-corrected chi connectivity index (χ3v) is 4.78. The second kappa shape index (κ2) is 6.98. The van der Waals surface area contributed by atoms with Gasteiger partial charge in [0.25, 0.3) is 15.7 Å². The van der Waals surface area contributed by atoms with Gasteiger partial charge in [0, 0.05) is 18.7 Å². The van der Waals surface area contributed by atoms with Crippen molar-refractivity contribution in [2.45, 2.75) is 18.4 Å². The van der Waals surface area contributed by atoms with Crippen LogP contribution in [0.15, 0.2) is 47.4 Å². The van der Waals surface area contributed by atoms with Gasteiger partial charge >= 0.3 is 0 Å². The van der Waals surface area contributed by atoms with E-state index in [4.69, 9.17) is 0 Å². The summed E-state index contributed by atoms with van der Waals surface area (Å²) in [6.07, 6.45) is 0. The van der Waals surface area contributed by atoms with Gasteiger partial charge < -0.3 is 4.90 Å². The molecule has 24 heavy (non-hydrogen) atoms. The Hall–Kier alpha value is -2.45. The quantitative estimate of drug-likeness (QED) is 0.639. The van der Waals surface area contributed by atoms with Crippen LogP contribution in [0.4, 0.5) is 11.4 Å².